The van der Waals surface area contributed by atoms with E-state index in [-0.39, 0.29) is 36.1 Å². The Kier molecular flexibility index (Phi) is 7.79. The van der Waals surface area contributed by atoms with Crippen molar-refractivity contribution >= 4 is 28.4 Å². The Hall–Kier alpha value is -4.44. The van der Waals surface area contributed by atoms with E-state index in [0.29, 0.717) is 37.6 Å². The molecule has 2 unspecified atom stereocenters. The second-order valence-electron chi connectivity index (χ2n) is 14.5. The number of rotatable bonds is 7. The van der Waals surface area contributed by atoms with Gasteiger partial charge in [-0.3, -0.25) is 9.80 Å². The summed E-state index contributed by atoms with van der Waals surface area (Å²) in [5.41, 5.74) is 4.02. The number of hydrogen-bond acceptors (Lipinski definition) is 8. The molecule has 1 amide bonds. The molecule has 49 heavy (non-hydrogen) atoms. The third kappa shape index (κ3) is 5.54. The summed E-state index contributed by atoms with van der Waals surface area (Å²) < 4.78 is 27.6. The number of hydrogen-bond donors (Lipinski definition) is 0. The molecular weight excluding hydrogens is 619 g/mol. The van der Waals surface area contributed by atoms with Crippen LogP contribution in [-0.4, -0.2) is 82.8 Å². The maximum Gasteiger partial charge on any atom is 0.410 e. The van der Waals surface area contributed by atoms with Gasteiger partial charge >= 0.3 is 12.1 Å². The number of anilines is 2. The minimum atomic E-state index is -0.236. The smallest absolute Gasteiger partial charge is 0.410 e. The van der Waals surface area contributed by atoms with Crippen molar-refractivity contribution in [2.24, 2.45) is 0 Å². The van der Waals surface area contributed by atoms with Crippen LogP contribution in [0.5, 0.6) is 6.01 Å². The van der Waals surface area contributed by atoms with Crippen molar-refractivity contribution in [2.45, 2.75) is 75.7 Å². The molecule has 10 heteroatoms. The van der Waals surface area contributed by atoms with Crippen molar-refractivity contribution in [3.05, 3.63) is 89.4 Å². The first-order chi connectivity index (χ1) is 24.0. The lowest BCUT2D eigenvalue weighted by Gasteiger charge is -2.42. The molecule has 5 aliphatic heterocycles. The van der Waals surface area contributed by atoms with Gasteiger partial charge in [0, 0.05) is 36.3 Å². The van der Waals surface area contributed by atoms with Crippen molar-refractivity contribution in [3.8, 4) is 6.01 Å². The third-order valence-corrected chi connectivity index (χ3v) is 11.7. The zero-order valence-electron chi connectivity index (χ0n) is 27.9. The first-order valence-corrected chi connectivity index (χ1v) is 18.0. The van der Waals surface area contributed by atoms with Crippen LogP contribution in [0.1, 0.15) is 55.3 Å². The van der Waals surface area contributed by atoms with Crippen LogP contribution >= 0.6 is 0 Å². The minimum Gasteiger partial charge on any atom is -0.461 e. The zero-order chi connectivity index (χ0) is 33.0. The van der Waals surface area contributed by atoms with E-state index in [1.54, 1.807) is 6.07 Å². The average molecular weight is 663 g/mol. The van der Waals surface area contributed by atoms with Crippen molar-refractivity contribution < 1.29 is 18.7 Å². The Labute approximate surface area is 286 Å². The summed E-state index contributed by atoms with van der Waals surface area (Å²) in [4.78, 5) is 32.7. The fourth-order valence-electron chi connectivity index (χ4n) is 9.29. The SMILES string of the molecule is O=C(OCc1ccccc1)N1C2CCC1CN(c1nc(OCC34CCCN3CCC4)nc3c1CCN(c1cccc4cccc(F)c14)C3)C2. The van der Waals surface area contributed by atoms with E-state index in [0.717, 1.165) is 85.5 Å². The van der Waals surface area contributed by atoms with Gasteiger partial charge in [-0.15, -0.1) is 0 Å². The normalized spacial score (nSPS) is 22.8. The topological polar surface area (TPSA) is 74.3 Å². The monoisotopic (exact) mass is 662 g/mol. The lowest BCUT2D eigenvalue weighted by Crippen LogP contribution is -2.56. The number of piperazine rings is 1. The molecule has 6 heterocycles. The van der Waals surface area contributed by atoms with Crippen LogP contribution in [0.15, 0.2) is 66.7 Å². The van der Waals surface area contributed by atoms with Crippen LogP contribution in [0, 0.1) is 5.82 Å². The fourth-order valence-corrected chi connectivity index (χ4v) is 9.29. The van der Waals surface area contributed by atoms with Crippen LogP contribution < -0.4 is 14.5 Å². The van der Waals surface area contributed by atoms with E-state index in [4.69, 9.17) is 19.4 Å². The predicted molar refractivity (Wildman–Crippen MR) is 186 cm³/mol. The first-order valence-electron chi connectivity index (χ1n) is 18.0. The van der Waals surface area contributed by atoms with Gasteiger partial charge in [-0.25, -0.2) is 9.18 Å². The molecule has 1 aromatic heterocycles. The summed E-state index contributed by atoms with van der Waals surface area (Å²) in [5, 5.41) is 1.54. The van der Waals surface area contributed by atoms with Crippen molar-refractivity contribution in [3.63, 3.8) is 0 Å². The zero-order valence-corrected chi connectivity index (χ0v) is 27.9. The van der Waals surface area contributed by atoms with Gasteiger partial charge in [0.1, 0.15) is 24.8 Å². The fraction of sp³-hybridized carbons (Fsp3) is 0.462. The summed E-state index contributed by atoms with van der Waals surface area (Å²) in [6.07, 6.45) is 7.10. The van der Waals surface area contributed by atoms with Gasteiger partial charge in [-0.2, -0.15) is 9.97 Å². The number of nitrogens with zero attached hydrogens (tertiary/aromatic N) is 6. The largest absolute Gasteiger partial charge is 0.461 e. The standard InChI is InChI=1S/C39H43FN6O3/c40-32-12-4-10-28-11-5-13-34(35(28)32)43-21-16-31-33(24-43)41-37(49-26-39-17-6-19-45(39)20-7-18-39)42-36(31)44-22-29-14-15-30(23-44)46(29)38(47)48-25-27-8-2-1-3-9-27/h1-5,8-13,29-30H,6-7,14-26H2. The Balaban J connectivity index is 1.00. The average Bonchev–Trinajstić information content (AvgIpc) is 3.80. The Morgan fingerprint density at radius 1 is 0.878 bits per heavy atom. The molecule has 2 atom stereocenters. The van der Waals surface area contributed by atoms with Gasteiger partial charge in [0.15, 0.2) is 0 Å². The highest BCUT2D eigenvalue weighted by atomic mass is 19.1. The van der Waals surface area contributed by atoms with E-state index in [2.05, 4.69) is 14.7 Å². The maximum atomic E-state index is 15.2. The number of amides is 1. The lowest BCUT2D eigenvalue weighted by molar-refractivity contribution is 0.0732. The summed E-state index contributed by atoms with van der Waals surface area (Å²) in [6, 6.07) is 21.6. The molecule has 0 spiro atoms. The number of halogens is 1. The summed E-state index contributed by atoms with van der Waals surface area (Å²) in [6.45, 7) is 5.79. The highest BCUT2D eigenvalue weighted by Crippen LogP contribution is 2.41. The molecule has 4 saturated heterocycles. The summed E-state index contributed by atoms with van der Waals surface area (Å²) in [7, 11) is 0. The highest BCUT2D eigenvalue weighted by molar-refractivity contribution is 5.95. The number of benzene rings is 3. The van der Waals surface area contributed by atoms with Crippen LogP contribution in [0.25, 0.3) is 10.8 Å². The number of aromatic nitrogens is 2. The first kappa shape index (κ1) is 30.6. The maximum absolute atomic E-state index is 15.2. The molecule has 2 bridgehead atoms. The Morgan fingerprint density at radius 3 is 2.41 bits per heavy atom. The van der Waals surface area contributed by atoms with Crippen LogP contribution in [-0.2, 0) is 24.3 Å². The van der Waals surface area contributed by atoms with E-state index < -0.39 is 0 Å². The number of carbonyl (C=O) groups excluding carboxylic acids is 1. The van der Waals surface area contributed by atoms with Crippen LogP contribution in [0.2, 0.25) is 0 Å². The van der Waals surface area contributed by atoms with Crippen molar-refractivity contribution in [2.75, 3.05) is 49.1 Å². The molecule has 4 aromatic rings. The predicted octanol–water partition coefficient (Wildman–Crippen LogP) is 6.33. The molecule has 3 aromatic carbocycles. The van der Waals surface area contributed by atoms with Crippen LogP contribution in [0.4, 0.5) is 20.7 Å². The van der Waals surface area contributed by atoms with Gasteiger partial charge < -0.3 is 19.3 Å². The Bertz CT molecular complexity index is 1840. The summed E-state index contributed by atoms with van der Waals surface area (Å²) in [5.74, 6) is 0.712. The molecular formula is C39H43FN6O3. The number of fused-ring (bicyclic) bond motifs is 5. The van der Waals surface area contributed by atoms with E-state index in [1.807, 2.05) is 59.5 Å². The minimum absolute atomic E-state index is 0.0557. The van der Waals surface area contributed by atoms with E-state index in [9.17, 15) is 4.79 Å². The van der Waals surface area contributed by atoms with Gasteiger partial charge in [-0.1, -0.05) is 54.6 Å². The quantitative estimate of drug-likeness (QED) is 0.228. The number of ether oxygens (including phenoxy) is 2. The number of carbonyl (C=O) groups is 1. The van der Waals surface area contributed by atoms with Gasteiger partial charge in [0.2, 0.25) is 0 Å². The molecule has 0 aliphatic carbocycles. The third-order valence-electron chi connectivity index (χ3n) is 11.7. The van der Waals surface area contributed by atoms with Crippen molar-refractivity contribution in [1.29, 1.82) is 0 Å². The van der Waals surface area contributed by atoms with E-state index in [1.165, 1.54) is 18.9 Å². The molecule has 9 rings (SSSR count). The van der Waals surface area contributed by atoms with Gasteiger partial charge in [0.05, 0.1) is 29.9 Å². The molecule has 0 radical (unpaired) electrons. The molecule has 4 fully saturated rings. The van der Waals surface area contributed by atoms with Crippen LogP contribution in [0.3, 0.4) is 0 Å². The highest BCUT2D eigenvalue weighted by Gasteiger charge is 2.46. The van der Waals surface area contributed by atoms with E-state index >= 15 is 4.39 Å². The van der Waals surface area contributed by atoms with Gasteiger partial charge in [0.25, 0.3) is 0 Å². The molecule has 9 nitrogen and oxygen atoms in total. The second kappa shape index (κ2) is 12.5. The molecule has 254 valence electrons. The van der Waals surface area contributed by atoms with Crippen molar-refractivity contribution in [1.82, 2.24) is 19.8 Å². The second-order valence-corrected chi connectivity index (χ2v) is 14.5. The molecule has 0 saturated carbocycles. The van der Waals surface area contributed by atoms with Gasteiger partial charge in [-0.05, 0) is 81.1 Å². The summed E-state index contributed by atoms with van der Waals surface area (Å²) >= 11 is 0. The molecule has 0 N–H and O–H groups in total. The Morgan fingerprint density at radius 2 is 1.63 bits per heavy atom. The molecule has 5 aliphatic rings. The lowest BCUT2D eigenvalue weighted by atomic mass is 9.95.